The summed E-state index contributed by atoms with van der Waals surface area (Å²) in [5.41, 5.74) is 3.29. The highest BCUT2D eigenvalue weighted by Crippen LogP contribution is 2.32. The number of carbonyl (C=O) groups excluding carboxylic acids is 2. The van der Waals surface area contributed by atoms with E-state index < -0.39 is 0 Å². The van der Waals surface area contributed by atoms with Crippen LogP contribution in [-0.4, -0.2) is 72.3 Å². The molecule has 1 saturated heterocycles. The molecular weight excluding hydrogens is 448 g/mol. The molecule has 2 aliphatic heterocycles. The number of likely N-dealkylation sites (N-methyl/N-ethyl adjacent to an activating group) is 1. The highest BCUT2D eigenvalue weighted by atomic mass is 16.2. The van der Waals surface area contributed by atoms with Crippen molar-refractivity contribution in [1.29, 1.82) is 0 Å². The van der Waals surface area contributed by atoms with E-state index in [-0.39, 0.29) is 17.7 Å². The van der Waals surface area contributed by atoms with Crippen LogP contribution in [-0.2, 0) is 22.7 Å². The normalized spacial score (nSPS) is 21.3. The van der Waals surface area contributed by atoms with Crippen molar-refractivity contribution in [2.75, 3.05) is 38.6 Å². The first-order valence-corrected chi connectivity index (χ1v) is 13.4. The van der Waals surface area contributed by atoms with Gasteiger partial charge in [-0.05, 0) is 50.6 Å². The number of para-hydroxylation sites is 1. The lowest BCUT2D eigenvalue weighted by atomic mass is 9.92. The minimum atomic E-state index is -0.0887. The van der Waals surface area contributed by atoms with Crippen LogP contribution in [0, 0.1) is 5.92 Å². The summed E-state index contributed by atoms with van der Waals surface area (Å²) < 4.78 is 0. The van der Waals surface area contributed by atoms with Gasteiger partial charge in [0.25, 0.3) is 0 Å². The number of piperidine rings is 1. The molecule has 0 aromatic heterocycles. The summed E-state index contributed by atoms with van der Waals surface area (Å²) in [5, 5.41) is 0. The van der Waals surface area contributed by atoms with E-state index in [2.05, 4.69) is 47.4 Å². The monoisotopic (exact) mass is 490 g/mol. The van der Waals surface area contributed by atoms with Crippen LogP contribution in [0.5, 0.6) is 0 Å². The van der Waals surface area contributed by atoms with Crippen LogP contribution in [0.3, 0.4) is 0 Å². The molecule has 1 fully saturated rings. The Hall–Kier alpha value is -2.70. The van der Waals surface area contributed by atoms with Crippen molar-refractivity contribution >= 4 is 17.5 Å². The van der Waals surface area contributed by atoms with E-state index in [9.17, 15) is 9.59 Å². The summed E-state index contributed by atoms with van der Waals surface area (Å²) in [7, 11) is 3.89. The lowest BCUT2D eigenvalue weighted by Crippen LogP contribution is -2.53. The predicted octanol–water partition coefficient (Wildman–Crippen LogP) is 4.39. The van der Waals surface area contributed by atoms with Gasteiger partial charge in [0.2, 0.25) is 11.8 Å². The van der Waals surface area contributed by atoms with Crippen molar-refractivity contribution in [3.63, 3.8) is 0 Å². The molecule has 36 heavy (non-hydrogen) atoms. The van der Waals surface area contributed by atoms with Gasteiger partial charge >= 0.3 is 0 Å². The van der Waals surface area contributed by atoms with E-state index in [1.165, 1.54) is 5.56 Å². The third-order valence-corrected chi connectivity index (χ3v) is 7.55. The van der Waals surface area contributed by atoms with Crippen LogP contribution in [0.25, 0.3) is 0 Å². The van der Waals surface area contributed by atoms with Gasteiger partial charge < -0.3 is 14.7 Å². The van der Waals surface area contributed by atoms with Crippen LogP contribution in [0.1, 0.15) is 50.7 Å². The second-order valence-electron chi connectivity index (χ2n) is 11.0. The molecule has 6 heteroatoms. The number of hydrogen-bond acceptors (Lipinski definition) is 4. The topological polar surface area (TPSA) is 47.1 Å². The van der Waals surface area contributed by atoms with Crippen LogP contribution in [0.15, 0.2) is 54.6 Å². The van der Waals surface area contributed by atoms with Crippen molar-refractivity contribution in [3.8, 4) is 0 Å². The standard InChI is InChI=1S/C30H42N4O2/c1-23(2)30(36)33-18-17-26-14-10-15-27(34(26)19-24-11-6-5-7-12-24)21-32(29(35)22-31(3)4)20-25-13-8-9-16-28(25)33/h5-9,11-13,16,23,26-27H,10,14-15,17-22H2,1-4H3. The van der Waals surface area contributed by atoms with Crippen LogP contribution in [0.2, 0.25) is 0 Å². The third-order valence-electron chi connectivity index (χ3n) is 7.55. The van der Waals surface area contributed by atoms with Crippen molar-refractivity contribution in [2.24, 2.45) is 5.92 Å². The molecule has 0 N–H and O–H groups in total. The molecule has 194 valence electrons. The van der Waals surface area contributed by atoms with Gasteiger partial charge in [0.05, 0.1) is 6.54 Å². The van der Waals surface area contributed by atoms with Gasteiger partial charge in [-0.2, -0.15) is 0 Å². The Kier molecular flexibility index (Phi) is 8.81. The van der Waals surface area contributed by atoms with E-state index in [1.54, 1.807) is 0 Å². The largest absolute Gasteiger partial charge is 0.336 e. The Bertz CT molecular complexity index is 1020. The minimum Gasteiger partial charge on any atom is -0.336 e. The average molecular weight is 491 g/mol. The number of hydrogen-bond donors (Lipinski definition) is 0. The van der Waals surface area contributed by atoms with Crippen LogP contribution < -0.4 is 4.90 Å². The molecular formula is C30H42N4O2. The first-order valence-electron chi connectivity index (χ1n) is 13.4. The molecule has 0 spiro atoms. The summed E-state index contributed by atoms with van der Waals surface area (Å²) in [6, 6.07) is 19.5. The minimum absolute atomic E-state index is 0.0887. The van der Waals surface area contributed by atoms with Gasteiger partial charge in [-0.25, -0.2) is 0 Å². The van der Waals surface area contributed by atoms with Crippen molar-refractivity contribution in [2.45, 2.75) is 64.7 Å². The fourth-order valence-corrected chi connectivity index (χ4v) is 5.71. The van der Waals surface area contributed by atoms with Crippen LogP contribution in [0.4, 0.5) is 5.69 Å². The number of amides is 2. The van der Waals surface area contributed by atoms with Crippen molar-refractivity contribution in [1.82, 2.24) is 14.7 Å². The molecule has 2 unspecified atom stereocenters. The van der Waals surface area contributed by atoms with Gasteiger partial charge in [0, 0.05) is 49.9 Å². The Morgan fingerprint density at radius 1 is 0.944 bits per heavy atom. The quantitative estimate of drug-likeness (QED) is 0.624. The third kappa shape index (κ3) is 6.34. The van der Waals surface area contributed by atoms with Gasteiger partial charge in [-0.3, -0.25) is 14.5 Å². The Labute approximate surface area is 216 Å². The predicted molar refractivity (Wildman–Crippen MR) is 146 cm³/mol. The second kappa shape index (κ2) is 12.0. The fourth-order valence-electron chi connectivity index (χ4n) is 5.71. The number of fused-ring (bicyclic) bond motifs is 3. The number of rotatable bonds is 5. The van der Waals surface area contributed by atoms with E-state index in [1.807, 2.05) is 54.8 Å². The first-order chi connectivity index (χ1) is 17.3. The lowest BCUT2D eigenvalue weighted by molar-refractivity contribution is -0.134. The highest BCUT2D eigenvalue weighted by molar-refractivity contribution is 5.95. The molecule has 4 rings (SSSR count). The maximum absolute atomic E-state index is 13.5. The van der Waals surface area contributed by atoms with Gasteiger partial charge in [-0.1, -0.05) is 68.8 Å². The van der Waals surface area contributed by atoms with Crippen molar-refractivity contribution in [3.05, 3.63) is 65.7 Å². The summed E-state index contributed by atoms with van der Waals surface area (Å²) in [6.07, 6.45) is 4.30. The fraction of sp³-hybridized carbons (Fsp3) is 0.533. The SMILES string of the molecule is CC(C)C(=O)N1CCC2CCCC(CN(C(=O)CN(C)C)Cc3ccccc31)N2Cc1ccccc1. The van der Waals surface area contributed by atoms with Gasteiger partial charge in [0.1, 0.15) is 0 Å². The number of carbonyl (C=O) groups is 2. The Balaban J connectivity index is 1.75. The molecule has 2 amide bonds. The van der Waals surface area contributed by atoms with E-state index in [4.69, 9.17) is 0 Å². The number of anilines is 1. The average Bonchev–Trinajstić information content (AvgIpc) is 2.86. The highest BCUT2D eigenvalue weighted by Gasteiger charge is 2.35. The summed E-state index contributed by atoms with van der Waals surface area (Å²) in [4.78, 5) is 35.5. The van der Waals surface area contributed by atoms with E-state index in [0.29, 0.717) is 38.3 Å². The maximum Gasteiger partial charge on any atom is 0.237 e. The Morgan fingerprint density at radius 3 is 2.36 bits per heavy atom. The Morgan fingerprint density at radius 2 is 1.64 bits per heavy atom. The zero-order chi connectivity index (χ0) is 25.7. The zero-order valence-electron chi connectivity index (χ0n) is 22.4. The molecule has 2 aliphatic rings. The van der Waals surface area contributed by atoms with Gasteiger partial charge in [-0.15, -0.1) is 0 Å². The van der Waals surface area contributed by atoms with E-state index >= 15 is 0 Å². The molecule has 2 aromatic rings. The van der Waals surface area contributed by atoms with Gasteiger partial charge in [0.15, 0.2) is 0 Å². The molecule has 0 radical (unpaired) electrons. The zero-order valence-corrected chi connectivity index (χ0v) is 22.4. The second-order valence-corrected chi connectivity index (χ2v) is 11.0. The maximum atomic E-state index is 13.5. The molecule has 2 bridgehead atoms. The molecule has 2 heterocycles. The molecule has 2 aromatic carbocycles. The molecule has 0 saturated carbocycles. The van der Waals surface area contributed by atoms with Crippen LogP contribution >= 0.6 is 0 Å². The molecule has 2 atom stereocenters. The summed E-state index contributed by atoms with van der Waals surface area (Å²) in [5.74, 6) is 0.196. The molecule has 0 aliphatic carbocycles. The van der Waals surface area contributed by atoms with Crippen molar-refractivity contribution < 1.29 is 9.59 Å². The first kappa shape index (κ1) is 26.4. The molecule has 6 nitrogen and oxygen atoms in total. The van der Waals surface area contributed by atoms with E-state index in [0.717, 1.165) is 43.5 Å². The smallest absolute Gasteiger partial charge is 0.237 e. The number of nitrogens with zero attached hydrogens (tertiary/aromatic N) is 4. The summed E-state index contributed by atoms with van der Waals surface area (Å²) in [6.45, 7) is 7.13. The number of benzene rings is 2. The summed E-state index contributed by atoms with van der Waals surface area (Å²) >= 11 is 0. The lowest BCUT2D eigenvalue weighted by Gasteiger charge is -2.44.